The fourth-order valence-electron chi connectivity index (χ4n) is 1.85. The molecule has 2 atom stereocenters. The van der Waals surface area contributed by atoms with Crippen molar-refractivity contribution in [2.75, 3.05) is 6.54 Å². The van der Waals surface area contributed by atoms with Gasteiger partial charge in [-0.1, -0.05) is 26.0 Å². The van der Waals surface area contributed by atoms with Gasteiger partial charge in [0.25, 0.3) is 0 Å². The third kappa shape index (κ3) is 4.46. The van der Waals surface area contributed by atoms with Crippen molar-refractivity contribution >= 4 is 11.9 Å². The molecule has 0 saturated heterocycles. The van der Waals surface area contributed by atoms with E-state index in [9.17, 15) is 9.90 Å². The highest BCUT2D eigenvalue weighted by Gasteiger charge is 2.30. The third-order valence-corrected chi connectivity index (χ3v) is 2.76. The molecule has 0 radical (unpaired) electrons. The molecule has 1 aliphatic heterocycles. The Morgan fingerprint density at radius 1 is 1.71 bits per heavy atom. The van der Waals surface area contributed by atoms with Gasteiger partial charge in [0.1, 0.15) is 0 Å². The van der Waals surface area contributed by atoms with Gasteiger partial charge < -0.3 is 16.2 Å². The molecule has 0 aliphatic carbocycles. The second kappa shape index (κ2) is 6.27. The summed E-state index contributed by atoms with van der Waals surface area (Å²) in [6.07, 6.45) is 5.51. The van der Waals surface area contributed by atoms with Crippen molar-refractivity contribution in [1.82, 2.24) is 5.32 Å². The van der Waals surface area contributed by atoms with Crippen molar-refractivity contribution in [3.63, 3.8) is 0 Å². The smallest absolute Gasteiger partial charge is 0.308 e. The van der Waals surface area contributed by atoms with E-state index in [0.717, 1.165) is 6.42 Å². The first-order chi connectivity index (χ1) is 8.00. The van der Waals surface area contributed by atoms with E-state index in [1.807, 2.05) is 6.08 Å². The van der Waals surface area contributed by atoms with Crippen LogP contribution in [0.15, 0.2) is 17.1 Å². The van der Waals surface area contributed by atoms with E-state index < -0.39 is 11.9 Å². The molecule has 0 saturated carbocycles. The standard InChI is InChI=1S/C12H21N3O2/c1-8(2)5-3-4-6-9(11(16)17)10-7-14-12(13)15-10/h3,5,8-10H,4,6-7H2,1-2H3,(H,16,17)(H3,13,14,15)/b5-3+/t9-,10+/m1/s1. The largest absolute Gasteiger partial charge is 0.481 e. The summed E-state index contributed by atoms with van der Waals surface area (Å²) in [7, 11) is 0. The number of carbonyl (C=O) groups is 1. The summed E-state index contributed by atoms with van der Waals surface area (Å²) < 4.78 is 0. The lowest BCUT2D eigenvalue weighted by atomic mass is 9.94. The van der Waals surface area contributed by atoms with Crippen molar-refractivity contribution in [2.45, 2.75) is 32.7 Å². The van der Waals surface area contributed by atoms with Crippen LogP contribution in [0.2, 0.25) is 0 Å². The Hall–Kier alpha value is -1.52. The van der Waals surface area contributed by atoms with Gasteiger partial charge in [-0.15, -0.1) is 0 Å². The van der Waals surface area contributed by atoms with Crippen LogP contribution in [0.4, 0.5) is 0 Å². The zero-order valence-electron chi connectivity index (χ0n) is 10.4. The summed E-state index contributed by atoms with van der Waals surface area (Å²) in [5.41, 5.74) is 5.49. The lowest BCUT2D eigenvalue weighted by Gasteiger charge is -2.18. The quantitative estimate of drug-likeness (QED) is 0.603. The molecular weight excluding hydrogens is 218 g/mol. The third-order valence-electron chi connectivity index (χ3n) is 2.76. The number of hydrogen-bond acceptors (Lipinski definition) is 4. The molecule has 5 heteroatoms. The molecule has 1 rings (SSSR count). The molecule has 0 aromatic heterocycles. The van der Waals surface area contributed by atoms with Gasteiger partial charge in [0.2, 0.25) is 0 Å². The van der Waals surface area contributed by atoms with E-state index in [2.05, 4.69) is 30.2 Å². The summed E-state index contributed by atoms with van der Waals surface area (Å²) in [5.74, 6) is -0.372. The van der Waals surface area contributed by atoms with Crippen molar-refractivity contribution in [2.24, 2.45) is 22.6 Å². The molecule has 0 spiro atoms. The van der Waals surface area contributed by atoms with Gasteiger partial charge in [-0.25, -0.2) is 0 Å². The number of guanidine groups is 1. The fourth-order valence-corrected chi connectivity index (χ4v) is 1.85. The predicted octanol–water partition coefficient (Wildman–Crippen LogP) is 0.966. The number of hydrogen-bond donors (Lipinski definition) is 3. The van der Waals surface area contributed by atoms with E-state index in [1.165, 1.54) is 0 Å². The lowest BCUT2D eigenvalue weighted by Crippen LogP contribution is -2.42. The van der Waals surface area contributed by atoms with Crippen LogP contribution in [-0.2, 0) is 4.79 Å². The molecule has 0 amide bonds. The van der Waals surface area contributed by atoms with Crippen LogP contribution >= 0.6 is 0 Å². The number of nitrogens with two attached hydrogens (primary N) is 1. The van der Waals surface area contributed by atoms with Gasteiger partial charge >= 0.3 is 5.97 Å². The maximum absolute atomic E-state index is 11.2. The number of carboxylic acids is 1. The molecule has 4 N–H and O–H groups in total. The SMILES string of the molecule is CC(C)/C=C/CC[C@@H](C(=O)O)[C@@H]1CN=C(N)N1. The number of allylic oxidation sites excluding steroid dienone is 2. The summed E-state index contributed by atoms with van der Waals surface area (Å²) in [6.45, 7) is 4.65. The van der Waals surface area contributed by atoms with Crippen molar-refractivity contribution in [3.8, 4) is 0 Å². The Kier molecular flexibility index (Phi) is 5.00. The summed E-state index contributed by atoms with van der Waals surface area (Å²) in [5, 5.41) is 12.1. The average molecular weight is 239 g/mol. The molecule has 0 bridgehead atoms. The van der Waals surface area contributed by atoms with E-state index in [4.69, 9.17) is 5.73 Å². The zero-order chi connectivity index (χ0) is 12.8. The van der Waals surface area contributed by atoms with Gasteiger partial charge in [0.15, 0.2) is 5.96 Å². The highest BCUT2D eigenvalue weighted by atomic mass is 16.4. The van der Waals surface area contributed by atoms with E-state index in [0.29, 0.717) is 24.8 Å². The number of rotatable bonds is 6. The second-order valence-corrected chi connectivity index (χ2v) is 4.67. The first-order valence-corrected chi connectivity index (χ1v) is 5.96. The minimum Gasteiger partial charge on any atom is -0.481 e. The minimum absolute atomic E-state index is 0.167. The monoisotopic (exact) mass is 239 g/mol. The molecule has 17 heavy (non-hydrogen) atoms. The van der Waals surface area contributed by atoms with Crippen molar-refractivity contribution in [1.29, 1.82) is 0 Å². The Morgan fingerprint density at radius 3 is 2.88 bits per heavy atom. The van der Waals surface area contributed by atoms with E-state index in [-0.39, 0.29) is 6.04 Å². The van der Waals surface area contributed by atoms with Gasteiger partial charge in [-0.2, -0.15) is 0 Å². The lowest BCUT2D eigenvalue weighted by molar-refractivity contribution is -0.142. The molecule has 0 unspecified atom stereocenters. The topological polar surface area (TPSA) is 87.7 Å². The van der Waals surface area contributed by atoms with Gasteiger partial charge in [0, 0.05) is 0 Å². The van der Waals surface area contributed by atoms with Crippen LogP contribution in [-0.4, -0.2) is 29.6 Å². The van der Waals surface area contributed by atoms with Crippen LogP contribution in [0.1, 0.15) is 26.7 Å². The fraction of sp³-hybridized carbons (Fsp3) is 0.667. The Labute approximate surface area is 102 Å². The van der Waals surface area contributed by atoms with Crippen LogP contribution < -0.4 is 11.1 Å². The van der Waals surface area contributed by atoms with Gasteiger partial charge in [-0.3, -0.25) is 9.79 Å². The molecule has 5 nitrogen and oxygen atoms in total. The Balaban J connectivity index is 2.42. The normalized spacial score (nSPS) is 21.6. The zero-order valence-corrected chi connectivity index (χ0v) is 10.4. The highest BCUT2D eigenvalue weighted by Crippen LogP contribution is 2.16. The molecule has 1 aliphatic rings. The van der Waals surface area contributed by atoms with Crippen molar-refractivity contribution < 1.29 is 9.90 Å². The van der Waals surface area contributed by atoms with Crippen LogP contribution in [0.5, 0.6) is 0 Å². The van der Waals surface area contributed by atoms with Gasteiger partial charge in [-0.05, 0) is 18.8 Å². The first kappa shape index (κ1) is 13.5. The Morgan fingerprint density at radius 2 is 2.41 bits per heavy atom. The van der Waals surface area contributed by atoms with Crippen LogP contribution in [0.25, 0.3) is 0 Å². The van der Waals surface area contributed by atoms with E-state index in [1.54, 1.807) is 0 Å². The van der Waals surface area contributed by atoms with Crippen LogP contribution in [0.3, 0.4) is 0 Å². The molecule has 0 fully saturated rings. The van der Waals surface area contributed by atoms with Crippen LogP contribution in [0, 0.1) is 11.8 Å². The first-order valence-electron chi connectivity index (χ1n) is 5.96. The molecule has 0 aromatic rings. The molecule has 96 valence electrons. The maximum atomic E-state index is 11.2. The maximum Gasteiger partial charge on any atom is 0.308 e. The summed E-state index contributed by atoms with van der Waals surface area (Å²) in [6, 6.07) is -0.167. The summed E-state index contributed by atoms with van der Waals surface area (Å²) in [4.78, 5) is 15.1. The average Bonchev–Trinajstić information content (AvgIpc) is 2.63. The number of aliphatic carboxylic acids is 1. The molecular formula is C12H21N3O2. The number of nitrogens with one attached hydrogen (secondary N) is 1. The van der Waals surface area contributed by atoms with Gasteiger partial charge in [0.05, 0.1) is 18.5 Å². The number of carboxylic acid groups (broad SMARTS) is 1. The predicted molar refractivity (Wildman–Crippen MR) is 67.8 cm³/mol. The number of nitrogens with zero attached hydrogens (tertiary/aromatic N) is 1. The highest BCUT2D eigenvalue weighted by molar-refractivity contribution is 5.81. The minimum atomic E-state index is -0.787. The molecule has 0 aromatic carbocycles. The second-order valence-electron chi connectivity index (χ2n) is 4.67. The van der Waals surface area contributed by atoms with E-state index >= 15 is 0 Å². The number of aliphatic imine (C=N–C) groups is 1. The van der Waals surface area contributed by atoms with Crippen molar-refractivity contribution in [3.05, 3.63) is 12.2 Å². The Bertz CT molecular complexity index is 324. The summed E-state index contributed by atoms with van der Waals surface area (Å²) >= 11 is 0. The molecule has 1 heterocycles.